The van der Waals surface area contributed by atoms with Gasteiger partial charge in [0.05, 0.1) is 6.07 Å². The van der Waals surface area contributed by atoms with Crippen molar-refractivity contribution in [3.8, 4) is 0 Å². The van der Waals surface area contributed by atoms with Crippen LogP contribution >= 0.6 is 0 Å². The van der Waals surface area contributed by atoms with E-state index in [1.165, 1.54) is 13.0 Å². The molecule has 1 aromatic rings. The number of hydrogen-bond acceptors (Lipinski definition) is 2. The molecule has 0 aliphatic rings. The Balaban J connectivity index is 2.92. The van der Waals surface area contributed by atoms with Crippen LogP contribution in [-0.4, -0.2) is 4.98 Å². The number of aromatic nitrogens is 2. The molecule has 1 rings (SSSR count). The molecule has 0 atom stereocenters. The number of unbranched alkanes of at least 4 members (excludes halogenated alkanes) is 1. The third-order valence-electron chi connectivity index (χ3n) is 1.90. The zero-order chi connectivity index (χ0) is 9.84. The summed E-state index contributed by atoms with van der Waals surface area (Å²) in [5.41, 5.74) is 0.465. The Kier molecular flexibility index (Phi) is 3.17. The van der Waals surface area contributed by atoms with Gasteiger partial charge in [0.25, 0.3) is 0 Å². The van der Waals surface area contributed by atoms with Crippen LogP contribution in [0, 0.1) is 18.1 Å². The fourth-order valence-electron chi connectivity index (χ4n) is 1.17. The smallest absolute Gasteiger partial charge is 0.325 e. The molecule has 0 saturated heterocycles. The molecule has 0 aromatic carbocycles. The van der Waals surface area contributed by atoms with Gasteiger partial charge in [0, 0.05) is 13.3 Å². The normalized spacial score (nSPS) is 10.4. The van der Waals surface area contributed by atoms with Crippen LogP contribution in [0.15, 0.2) is 6.07 Å². The van der Waals surface area contributed by atoms with Crippen molar-refractivity contribution in [3.63, 3.8) is 0 Å². The SMILES string of the molecule is CCCCc1cc(F)nc(C)[n+]1[O-]. The molecule has 0 bridgehead atoms. The standard InChI is InChI=1S/C9H13FN2O/c1-3-4-5-8-6-9(10)11-7(2)12(8)13/h6H,3-5H2,1-2H3. The maximum absolute atomic E-state index is 12.8. The lowest BCUT2D eigenvalue weighted by Crippen LogP contribution is -2.37. The van der Waals surface area contributed by atoms with E-state index in [-0.39, 0.29) is 5.82 Å². The number of nitrogens with zero attached hydrogens (tertiary/aromatic N) is 2. The van der Waals surface area contributed by atoms with E-state index in [0.29, 0.717) is 16.8 Å². The molecule has 0 radical (unpaired) electrons. The van der Waals surface area contributed by atoms with Gasteiger partial charge in [0.15, 0.2) is 0 Å². The van der Waals surface area contributed by atoms with Crippen molar-refractivity contribution < 1.29 is 9.12 Å². The summed E-state index contributed by atoms with van der Waals surface area (Å²) in [6.07, 6.45) is 2.49. The van der Waals surface area contributed by atoms with Gasteiger partial charge >= 0.3 is 11.8 Å². The lowest BCUT2D eigenvalue weighted by Gasteiger charge is -2.08. The number of aryl methyl sites for hydroxylation is 2. The minimum absolute atomic E-state index is 0.172. The molecule has 0 N–H and O–H groups in total. The highest BCUT2D eigenvalue weighted by Crippen LogP contribution is 2.02. The maximum Gasteiger partial charge on any atom is 0.325 e. The summed E-state index contributed by atoms with van der Waals surface area (Å²) >= 11 is 0. The molecule has 1 aromatic heterocycles. The summed E-state index contributed by atoms with van der Waals surface area (Å²) in [5.74, 6) is -0.401. The zero-order valence-electron chi connectivity index (χ0n) is 7.88. The van der Waals surface area contributed by atoms with Gasteiger partial charge in [0.2, 0.25) is 0 Å². The van der Waals surface area contributed by atoms with Crippen molar-refractivity contribution in [3.05, 3.63) is 28.7 Å². The van der Waals surface area contributed by atoms with Gasteiger partial charge < -0.3 is 5.21 Å². The van der Waals surface area contributed by atoms with E-state index < -0.39 is 5.95 Å². The first-order valence-electron chi connectivity index (χ1n) is 4.40. The Morgan fingerprint density at radius 3 is 2.92 bits per heavy atom. The van der Waals surface area contributed by atoms with Crippen LogP contribution in [0.25, 0.3) is 0 Å². The highest BCUT2D eigenvalue weighted by atomic mass is 19.1. The monoisotopic (exact) mass is 184 g/mol. The third kappa shape index (κ3) is 2.37. The second-order valence-corrected chi connectivity index (χ2v) is 3.02. The molecule has 0 amide bonds. The fraction of sp³-hybridized carbons (Fsp3) is 0.556. The van der Waals surface area contributed by atoms with Gasteiger partial charge in [-0.3, -0.25) is 0 Å². The zero-order valence-corrected chi connectivity index (χ0v) is 7.88. The maximum atomic E-state index is 12.8. The van der Waals surface area contributed by atoms with Crippen molar-refractivity contribution in [1.82, 2.24) is 4.98 Å². The summed E-state index contributed by atoms with van der Waals surface area (Å²) in [7, 11) is 0. The average molecular weight is 184 g/mol. The molecule has 3 nitrogen and oxygen atoms in total. The van der Waals surface area contributed by atoms with E-state index in [1.807, 2.05) is 6.92 Å². The second-order valence-electron chi connectivity index (χ2n) is 3.02. The highest BCUT2D eigenvalue weighted by molar-refractivity contribution is 4.96. The van der Waals surface area contributed by atoms with Crippen molar-refractivity contribution in [1.29, 1.82) is 0 Å². The predicted octanol–water partition coefficient (Wildman–Crippen LogP) is 1.51. The molecular formula is C9H13FN2O. The molecule has 4 heteroatoms. The summed E-state index contributed by atoms with van der Waals surface area (Å²) in [4.78, 5) is 3.43. The van der Waals surface area contributed by atoms with Crippen LogP contribution in [0.2, 0.25) is 0 Å². The minimum Gasteiger partial charge on any atom is -0.711 e. The second kappa shape index (κ2) is 4.16. The molecule has 1 heterocycles. The lowest BCUT2D eigenvalue weighted by molar-refractivity contribution is -0.624. The van der Waals surface area contributed by atoms with Crippen LogP contribution in [0.5, 0.6) is 0 Å². The van der Waals surface area contributed by atoms with Crippen molar-refractivity contribution in [2.24, 2.45) is 0 Å². The number of rotatable bonds is 3. The molecule has 0 saturated carbocycles. The van der Waals surface area contributed by atoms with Crippen molar-refractivity contribution in [2.45, 2.75) is 33.1 Å². The largest absolute Gasteiger partial charge is 0.711 e. The highest BCUT2D eigenvalue weighted by Gasteiger charge is 2.10. The van der Waals surface area contributed by atoms with Gasteiger partial charge in [-0.25, -0.2) is 4.73 Å². The van der Waals surface area contributed by atoms with E-state index in [2.05, 4.69) is 4.98 Å². The van der Waals surface area contributed by atoms with Gasteiger partial charge in [-0.15, -0.1) is 0 Å². The summed E-state index contributed by atoms with van der Waals surface area (Å²) in [6, 6.07) is 1.20. The van der Waals surface area contributed by atoms with Gasteiger partial charge in [-0.1, -0.05) is 13.3 Å². The van der Waals surface area contributed by atoms with Gasteiger partial charge in [-0.05, 0) is 11.4 Å². The van der Waals surface area contributed by atoms with Gasteiger partial charge in [0.1, 0.15) is 5.69 Å². The first-order valence-corrected chi connectivity index (χ1v) is 4.40. The topological polar surface area (TPSA) is 39.8 Å². The van der Waals surface area contributed by atoms with E-state index >= 15 is 0 Å². The molecule has 72 valence electrons. The average Bonchev–Trinajstić information content (AvgIpc) is 2.09. The predicted molar refractivity (Wildman–Crippen MR) is 46.5 cm³/mol. The molecule has 0 fully saturated rings. The van der Waals surface area contributed by atoms with Crippen LogP contribution in [0.4, 0.5) is 4.39 Å². The van der Waals surface area contributed by atoms with E-state index in [0.717, 1.165) is 12.8 Å². The first-order chi connectivity index (χ1) is 6.15. The Morgan fingerprint density at radius 2 is 2.31 bits per heavy atom. The molecular weight excluding hydrogens is 171 g/mol. The molecule has 13 heavy (non-hydrogen) atoms. The number of halogens is 1. The molecule has 0 aliphatic heterocycles. The summed E-state index contributed by atoms with van der Waals surface area (Å²) in [5, 5.41) is 11.3. The van der Waals surface area contributed by atoms with Crippen LogP contribution < -0.4 is 4.73 Å². The van der Waals surface area contributed by atoms with E-state index in [1.54, 1.807) is 0 Å². The fourth-order valence-corrected chi connectivity index (χ4v) is 1.17. The van der Waals surface area contributed by atoms with Gasteiger partial charge in [-0.2, -0.15) is 4.39 Å². The van der Waals surface area contributed by atoms with Crippen LogP contribution in [-0.2, 0) is 6.42 Å². The summed E-state index contributed by atoms with van der Waals surface area (Å²) < 4.78 is 13.5. The molecule has 0 spiro atoms. The Morgan fingerprint density at radius 1 is 1.62 bits per heavy atom. The molecule has 0 aliphatic carbocycles. The first kappa shape index (κ1) is 9.89. The van der Waals surface area contributed by atoms with Crippen LogP contribution in [0.1, 0.15) is 31.3 Å². The Bertz CT molecular complexity index is 302. The van der Waals surface area contributed by atoms with Crippen molar-refractivity contribution >= 4 is 0 Å². The minimum atomic E-state index is -0.573. The van der Waals surface area contributed by atoms with Crippen molar-refractivity contribution in [2.75, 3.05) is 0 Å². The van der Waals surface area contributed by atoms with Crippen LogP contribution in [0.3, 0.4) is 0 Å². The lowest BCUT2D eigenvalue weighted by atomic mass is 10.2. The Hall–Kier alpha value is -1.19. The van der Waals surface area contributed by atoms with E-state index in [9.17, 15) is 9.60 Å². The third-order valence-corrected chi connectivity index (χ3v) is 1.90. The quantitative estimate of drug-likeness (QED) is 0.406. The molecule has 0 unspecified atom stereocenters. The number of hydrogen-bond donors (Lipinski definition) is 0. The Labute approximate surface area is 76.8 Å². The summed E-state index contributed by atoms with van der Waals surface area (Å²) in [6.45, 7) is 3.53. The van der Waals surface area contributed by atoms with E-state index in [4.69, 9.17) is 0 Å².